The zero-order chi connectivity index (χ0) is 16.2. The van der Waals surface area contributed by atoms with Crippen LogP contribution in [0.4, 0.5) is 4.39 Å². The minimum absolute atomic E-state index is 0.0269. The van der Waals surface area contributed by atoms with Crippen molar-refractivity contribution in [2.24, 2.45) is 0 Å². The van der Waals surface area contributed by atoms with Crippen molar-refractivity contribution >= 4 is 23.3 Å². The van der Waals surface area contributed by atoms with Crippen molar-refractivity contribution < 1.29 is 18.7 Å². The Morgan fingerprint density at radius 3 is 2.87 bits per heavy atom. The third-order valence-corrected chi connectivity index (χ3v) is 4.47. The number of hydrogen-bond acceptors (Lipinski definition) is 5. The van der Waals surface area contributed by atoms with Gasteiger partial charge in [-0.15, -0.1) is 11.8 Å². The minimum atomic E-state index is -0.660. The van der Waals surface area contributed by atoms with Crippen molar-refractivity contribution in [2.45, 2.75) is 17.7 Å². The van der Waals surface area contributed by atoms with Crippen molar-refractivity contribution in [3.63, 3.8) is 0 Å². The number of carbonyl (C=O) groups excluding carboxylic acids is 2. The summed E-state index contributed by atoms with van der Waals surface area (Å²) in [5, 5.41) is 0. The second kappa shape index (κ2) is 6.91. The molecule has 0 saturated carbocycles. The molecule has 1 aromatic heterocycles. The fourth-order valence-electron chi connectivity index (χ4n) is 2.30. The van der Waals surface area contributed by atoms with E-state index in [0.717, 1.165) is 16.4 Å². The number of halogens is 1. The molecule has 2 aromatic rings. The van der Waals surface area contributed by atoms with Crippen LogP contribution in [0.15, 0.2) is 41.4 Å². The number of hydrogen-bond donors (Lipinski definition) is 0. The van der Waals surface area contributed by atoms with Crippen LogP contribution in [0.3, 0.4) is 0 Å². The van der Waals surface area contributed by atoms with E-state index in [1.165, 1.54) is 18.3 Å². The summed E-state index contributed by atoms with van der Waals surface area (Å²) in [6.45, 7) is 0.662. The van der Waals surface area contributed by atoms with Gasteiger partial charge in [0.1, 0.15) is 11.4 Å². The predicted octanol–water partition coefficient (Wildman–Crippen LogP) is 3.55. The van der Waals surface area contributed by atoms with Crippen LogP contribution < -0.4 is 4.74 Å². The average Bonchev–Trinajstić information content (AvgIpc) is 2.59. The Labute approximate surface area is 137 Å². The molecule has 0 amide bonds. The van der Waals surface area contributed by atoms with E-state index in [0.29, 0.717) is 12.2 Å². The summed E-state index contributed by atoms with van der Waals surface area (Å²) in [6.07, 6.45) is 1.32. The number of fused-ring (bicyclic) bond motifs is 1. The van der Waals surface area contributed by atoms with Gasteiger partial charge in [0.2, 0.25) is 0 Å². The zero-order valence-electron chi connectivity index (χ0n) is 12.3. The van der Waals surface area contributed by atoms with Gasteiger partial charge >= 0.3 is 0 Å². The lowest BCUT2D eigenvalue weighted by Gasteiger charge is -2.17. The Balaban J connectivity index is 1.66. The molecule has 0 aliphatic carbocycles. The third-order valence-electron chi connectivity index (χ3n) is 3.47. The molecule has 0 bridgehead atoms. The third kappa shape index (κ3) is 3.59. The van der Waals surface area contributed by atoms with Gasteiger partial charge < -0.3 is 4.74 Å². The molecule has 0 atom stereocenters. The first-order chi connectivity index (χ1) is 11.1. The summed E-state index contributed by atoms with van der Waals surface area (Å²) < 4.78 is 19.0. The maximum Gasteiger partial charge on any atom is 0.184 e. The summed E-state index contributed by atoms with van der Waals surface area (Å²) in [6, 6.07) is 7.86. The van der Waals surface area contributed by atoms with Crippen molar-refractivity contribution in [3.05, 3.63) is 53.6 Å². The van der Waals surface area contributed by atoms with Crippen LogP contribution in [0.2, 0.25) is 0 Å². The van der Waals surface area contributed by atoms with Crippen LogP contribution in [0, 0.1) is 5.82 Å². The fraction of sp³-hybridized carbons (Fsp3) is 0.235. The minimum Gasteiger partial charge on any atom is -0.492 e. The van der Waals surface area contributed by atoms with Gasteiger partial charge in [-0.2, -0.15) is 0 Å². The molecule has 1 aliphatic rings. The van der Waals surface area contributed by atoms with E-state index in [9.17, 15) is 14.0 Å². The normalized spacial score (nSPS) is 13.1. The van der Waals surface area contributed by atoms with E-state index >= 15 is 0 Å². The molecule has 0 unspecified atom stereocenters. The van der Waals surface area contributed by atoms with Gasteiger partial charge in [0.15, 0.2) is 17.4 Å². The number of nitrogens with zero attached hydrogens (tertiary/aromatic N) is 1. The van der Waals surface area contributed by atoms with E-state index < -0.39 is 11.6 Å². The highest BCUT2D eigenvalue weighted by atomic mass is 32.2. The molecule has 0 N–H and O–H groups in total. The number of pyridine rings is 1. The van der Waals surface area contributed by atoms with Crippen molar-refractivity contribution in [2.75, 3.05) is 12.4 Å². The number of ether oxygens (including phenoxy) is 1. The number of ketones is 2. The Bertz CT molecular complexity index is 763. The highest BCUT2D eigenvalue weighted by molar-refractivity contribution is 7.99. The van der Waals surface area contributed by atoms with Gasteiger partial charge in [0.25, 0.3) is 0 Å². The molecule has 23 heavy (non-hydrogen) atoms. The van der Waals surface area contributed by atoms with Crippen LogP contribution in [-0.2, 0) is 0 Å². The molecule has 0 fully saturated rings. The Hall–Kier alpha value is -2.21. The summed E-state index contributed by atoms with van der Waals surface area (Å²) in [4.78, 5) is 28.9. The van der Waals surface area contributed by atoms with E-state index in [-0.39, 0.29) is 24.3 Å². The van der Waals surface area contributed by atoms with Crippen LogP contribution in [-0.4, -0.2) is 28.9 Å². The van der Waals surface area contributed by atoms with Gasteiger partial charge in [-0.1, -0.05) is 0 Å². The van der Waals surface area contributed by atoms with Crippen molar-refractivity contribution in [1.29, 1.82) is 0 Å². The molecule has 6 heteroatoms. The van der Waals surface area contributed by atoms with Crippen LogP contribution in [0.5, 0.6) is 5.75 Å². The van der Waals surface area contributed by atoms with Gasteiger partial charge in [0.05, 0.1) is 11.5 Å². The largest absolute Gasteiger partial charge is 0.492 e. The lowest BCUT2D eigenvalue weighted by atomic mass is 10.0. The topological polar surface area (TPSA) is 56.3 Å². The van der Waals surface area contributed by atoms with E-state index in [1.54, 1.807) is 30.0 Å². The predicted molar refractivity (Wildman–Crippen MR) is 84.8 cm³/mol. The molecule has 1 aliphatic heterocycles. The molecular formula is C17H14FNO3S. The number of rotatable bonds is 5. The van der Waals surface area contributed by atoms with E-state index in [4.69, 9.17) is 4.74 Å². The summed E-state index contributed by atoms with van der Waals surface area (Å²) >= 11 is 1.64. The first kappa shape index (κ1) is 15.7. The zero-order valence-corrected chi connectivity index (χ0v) is 13.1. The second-order valence-corrected chi connectivity index (χ2v) is 6.18. The number of thioether (sulfide) groups is 1. The molecule has 118 valence electrons. The maximum absolute atomic E-state index is 13.5. The summed E-state index contributed by atoms with van der Waals surface area (Å²) in [5.41, 5.74) is 0.325. The Morgan fingerprint density at radius 1 is 1.22 bits per heavy atom. The Morgan fingerprint density at radius 2 is 2.04 bits per heavy atom. The molecule has 4 nitrogen and oxygen atoms in total. The first-order valence-corrected chi connectivity index (χ1v) is 8.20. The molecular weight excluding hydrogens is 317 g/mol. The fourth-order valence-corrected chi connectivity index (χ4v) is 3.16. The highest BCUT2D eigenvalue weighted by Gasteiger charge is 2.17. The first-order valence-electron chi connectivity index (χ1n) is 7.22. The number of carbonyl (C=O) groups is 2. The SMILES string of the molecule is O=C(CCC(=O)c1ncccc1F)c1ccc2c(c1)SCCO2. The molecule has 3 rings (SSSR count). The van der Waals surface area contributed by atoms with Crippen molar-refractivity contribution in [1.82, 2.24) is 4.98 Å². The maximum atomic E-state index is 13.5. The van der Waals surface area contributed by atoms with Crippen LogP contribution in [0.25, 0.3) is 0 Å². The Kier molecular flexibility index (Phi) is 4.71. The van der Waals surface area contributed by atoms with E-state index in [2.05, 4.69) is 4.98 Å². The molecule has 1 aromatic carbocycles. The number of Topliss-reactive ketones (excluding diaryl/α,β-unsaturated/α-hetero) is 2. The molecule has 2 heterocycles. The van der Waals surface area contributed by atoms with E-state index in [1.807, 2.05) is 0 Å². The summed E-state index contributed by atoms with van der Waals surface area (Å²) in [5.74, 6) is 0.356. The van der Waals surface area contributed by atoms with Crippen LogP contribution >= 0.6 is 11.8 Å². The van der Waals surface area contributed by atoms with Crippen molar-refractivity contribution in [3.8, 4) is 5.75 Å². The monoisotopic (exact) mass is 331 g/mol. The van der Waals surface area contributed by atoms with Gasteiger partial charge in [-0.3, -0.25) is 14.6 Å². The highest BCUT2D eigenvalue weighted by Crippen LogP contribution is 2.34. The second-order valence-electron chi connectivity index (χ2n) is 5.04. The molecule has 0 saturated heterocycles. The van der Waals surface area contributed by atoms with Gasteiger partial charge in [-0.25, -0.2) is 4.39 Å². The standard InChI is InChI=1S/C17H14FNO3S/c18-12-2-1-7-19-17(12)14(21)5-4-13(20)11-3-6-15-16(10-11)23-9-8-22-15/h1-3,6-7,10H,4-5,8-9H2. The number of benzene rings is 1. The lowest BCUT2D eigenvalue weighted by Crippen LogP contribution is -2.10. The molecule has 0 radical (unpaired) electrons. The number of aromatic nitrogens is 1. The summed E-state index contributed by atoms with van der Waals surface area (Å²) in [7, 11) is 0. The lowest BCUT2D eigenvalue weighted by molar-refractivity contribution is 0.0912. The smallest absolute Gasteiger partial charge is 0.184 e. The molecule has 0 spiro atoms. The van der Waals surface area contributed by atoms with Crippen LogP contribution in [0.1, 0.15) is 33.7 Å². The van der Waals surface area contributed by atoms with Gasteiger partial charge in [0, 0.05) is 30.4 Å². The van der Waals surface area contributed by atoms with Gasteiger partial charge in [-0.05, 0) is 30.3 Å². The average molecular weight is 331 g/mol. The quantitative estimate of drug-likeness (QED) is 0.784.